The Morgan fingerprint density at radius 1 is 1.21 bits per heavy atom. The molecule has 1 atom stereocenters. The van der Waals surface area contributed by atoms with Gasteiger partial charge in [-0.25, -0.2) is 0 Å². The Morgan fingerprint density at radius 2 is 1.84 bits per heavy atom. The Balaban J connectivity index is 2.69. The van der Waals surface area contributed by atoms with E-state index in [1.54, 1.807) is 0 Å². The predicted octanol–water partition coefficient (Wildman–Crippen LogP) is 4.15. The average molecular weight is 264 g/mol. The minimum Gasteiger partial charge on any atom is -0.489 e. The first-order valence-electron chi connectivity index (χ1n) is 7.00. The molecule has 3 heteroatoms. The van der Waals surface area contributed by atoms with E-state index in [1.807, 2.05) is 32.0 Å². The molecule has 3 nitrogen and oxygen atoms in total. The maximum atomic E-state index is 5.91. The summed E-state index contributed by atoms with van der Waals surface area (Å²) in [7, 11) is 0. The van der Waals surface area contributed by atoms with Crippen molar-refractivity contribution < 1.29 is 4.74 Å². The first-order valence-corrected chi connectivity index (χ1v) is 7.00. The van der Waals surface area contributed by atoms with E-state index in [0.29, 0.717) is 17.0 Å². The molecule has 19 heavy (non-hydrogen) atoms. The van der Waals surface area contributed by atoms with Crippen LogP contribution in [0.25, 0.3) is 0 Å². The van der Waals surface area contributed by atoms with Crippen LogP contribution in [0.2, 0.25) is 0 Å². The van der Waals surface area contributed by atoms with Crippen LogP contribution in [0.1, 0.15) is 41.5 Å². The number of anilines is 2. The number of nitrogen functional groups attached to an aromatic ring is 1. The number of benzene rings is 1. The summed E-state index contributed by atoms with van der Waals surface area (Å²) in [6.45, 7) is 14.0. The average Bonchev–Trinajstić information content (AvgIpc) is 2.27. The number of nitrogens with two attached hydrogens (primary N) is 1. The molecule has 1 aromatic carbocycles. The molecule has 0 aromatic heterocycles. The minimum absolute atomic E-state index is 0.131. The summed E-state index contributed by atoms with van der Waals surface area (Å²) in [6.07, 6.45) is 0.131. The first kappa shape index (κ1) is 15.7. The smallest absolute Gasteiger partial charge is 0.144 e. The van der Waals surface area contributed by atoms with Crippen LogP contribution in [-0.2, 0) is 0 Å². The third-order valence-corrected chi connectivity index (χ3v) is 3.47. The summed E-state index contributed by atoms with van der Waals surface area (Å²) in [5.41, 5.74) is 7.95. The summed E-state index contributed by atoms with van der Waals surface area (Å²) in [5, 5.41) is 3.46. The van der Waals surface area contributed by atoms with E-state index < -0.39 is 0 Å². The van der Waals surface area contributed by atoms with E-state index in [4.69, 9.17) is 10.5 Å². The van der Waals surface area contributed by atoms with Gasteiger partial charge in [0.25, 0.3) is 0 Å². The third-order valence-electron chi connectivity index (χ3n) is 3.47. The minimum atomic E-state index is 0.131. The lowest BCUT2D eigenvalue weighted by Crippen LogP contribution is -2.24. The van der Waals surface area contributed by atoms with Gasteiger partial charge in [-0.1, -0.05) is 27.7 Å². The van der Waals surface area contributed by atoms with Crippen molar-refractivity contribution in [3.8, 4) is 5.75 Å². The first-order chi connectivity index (χ1) is 8.70. The fraction of sp³-hybridized carbons (Fsp3) is 0.625. The molecule has 0 aliphatic carbocycles. The molecule has 3 N–H and O–H groups in total. The molecule has 0 aliphatic rings. The van der Waals surface area contributed by atoms with Crippen molar-refractivity contribution in [2.45, 2.75) is 47.6 Å². The van der Waals surface area contributed by atoms with Crippen LogP contribution in [0.15, 0.2) is 18.2 Å². The zero-order chi connectivity index (χ0) is 14.6. The second-order valence-corrected chi connectivity index (χ2v) is 6.57. The van der Waals surface area contributed by atoms with Gasteiger partial charge in [0.1, 0.15) is 5.75 Å². The standard InChI is InChI=1S/C16H28N2O/c1-11(2)19-15-9-13(7-8-14(15)17)18-10-12(3)16(4,5)6/h7-9,11-12,18H,10,17H2,1-6H3. The highest BCUT2D eigenvalue weighted by molar-refractivity contribution is 5.61. The molecule has 1 aromatic rings. The van der Waals surface area contributed by atoms with Crippen LogP contribution >= 0.6 is 0 Å². The quantitative estimate of drug-likeness (QED) is 0.785. The monoisotopic (exact) mass is 264 g/mol. The largest absolute Gasteiger partial charge is 0.489 e. The van der Waals surface area contributed by atoms with Gasteiger partial charge in [-0.3, -0.25) is 0 Å². The number of nitrogens with one attached hydrogen (secondary N) is 1. The van der Waals surface area contributed by atoms with Gasteiger partial charge in [-0.05, 0) is 37.3 Å². The van der Waals surface area contributed by atoms with Crippen molar-refractivity contribution in [1.29, 1.82) is 0 Å². The van der Waals surface area contributed by atoms with Gasteiger partial charge in [0.15, 0.2) is 0 Å². The van der Waals surface area contributed by atoms with Crippen LogP contribution in [0.5, 0.6) is 5.75 Å². The van der Waals surface area contributed by atoms with Gasteiger partial charge in [-0.15, -0.1) is 0 Å². The predicted molar refractivity (Wildman–Crippen MR) is 83.7 cm³/mol. The highest BCUT2D eigenvalue weighted by Gasteiger charge is 2.19. The number of rotatable bonds is 5. The van der Waals surface area contributed by atoms with Crippen molar-refractivity contribution in [2.24, 2.45) is 11.3 Å². The molecular formula is C16H28N2O. The molecule has 0 radical (unpaired) electrons. The van der Waals surface area contributed by atoms with Gasteiger partial charge in [-0.2, -0.15) is 0 Å². The Kier molecular flexibility index (Phi) is 5.10. The highest BCUT2D eigenvalue weighted by Crippen LogP contribution is 2.28. The maximum absolute atomic E-state index is 5.91. The molecule has 0 saturated heterocycles. The lowest BCUT2D eigenvalue weighted by atomic mass is 9.82. The van der Waals surface area contributed by atoms with Crippen LogP contribution < -0.4 is 15.8 Å². The molecule has 0 amide bonds. The second kappa shape index (κ2) is 6.18. The van der Waals surface area contributed by atoms with Gasteiger partial charge < -0.3 is 15.8 Å². The Labute approximate surface area is 117 Å². The maximum Gasteiger partial charge on any atom is 0.144 e. The van der Waals surface area contributed by atoms with Gasteiger partial charge in [0.05, 0.1) is 11.8 Å². The van der Waals surface area contributed by atoms with Crippen LogP contribution in [-0.4, -0.2) is 12.6 Å². The fourth-order valence-corrected chi connectivity index (χ4v) is 1.58. The number of ether oxygens (including phenoxy) is 1. The Bertz CT molecular complexity index is 408. The SMILES string of the molecule is CC(C)Oc1cc(NCC(C)C(C)(C)C)ccc1N. The molecule has 0 bridgehead atoms. The molecule has 0 saturated carbocycles. The normalized spacial score (nSPS) is 13.4. The lowest BCUT2D eigenvalue weighted by Gasteiger charge is -2.27. The topological polar surface area (TPSA) is 47.3 Å². The summed E-state index contributed by atoms with van der Waals surface area (Å²) in [5.74, 6) is 1.34. The van der Waals surface area contributed by atoms with E-state index in [2.05, 4.69) is 33.0 Å². The van der Waals surface area contributed by atoms with E-state index in [0.717, 1.165) is 18.0 Å². The molecular weight excluding hydrogens is 236 g/mol. The third kappa shape index (κ3) is 5.01. The fourth-order valence-electron chi connectivity index (χ4n) is 1.58. The Morgan fingerprint density at radius 3 is 2.37 bits per heavy atom. The van der Waals surface area contributed by atoms with E-state index in [-0.39, 0.29) is 6.10 Å². The van der Waals surface area contributed by atoms with Gasteiger partial charge >= 0.3 is 0 Å². The Hall–Kier alpha value is -1.38. The van der Waals surface area contributed by atoms with Crippen LogP contribution in [0.4, 0.5) is 11.4 Å². The van der Waals surface area contributed by atoms with Gasteiger partial charge in [0.2, 0.25) is 0 Å². The zero-order valence-corrected chi connectivity index (χ0v) is 13.1. The van der Waals surface area contributed by atoms with E-state index >= 15 is 0 Å². The van der Waals surface area contributed by atoms with E-state index in [1.165, 1.54) is 0 Å². The van der Waals surface area contributed by atoms with Crippen LogP contribution in [0, 0.1) is 11.3 Å². The van der Waals surface area contributed by atoms with Crippen molar-refractivity contribution in [2.75, 3.05) is 17.6 Å². The van der Waals surface area contributed by atoms with Crippen molar-refractivity contribution in [3.05, 3.63) is 18.2 Å². The summed E-state index contributed by atoms with van der Waals surface area (Å²) >= 11 is 0. The molecule has 0 spiro atoms. The van der Waals surface area contributed by atoms with Crippen LogP contribution in [0.3, 0.4) is 0 Å². The number of hydrogen-bond acceptors (Lipinski definition) is 3. The number of hydrogen-bond donors (Lipinski definition) is 2. The van der Waals surface area contributed by atoms with Gasteiger partial charge in [0, 0.05) is 18.3 Å². The second-order valence-electron chi connectivity index (χ2n) is 6.57. The molecule has 0 aliphatic heterocycles. The zero-order valence-electron chi connectivity index (χ0n) is 13.1. The molecule has 1 rings (SSSR count). The van der Waals surface area contributed by atoms with Crippen molar-refractivity contribution >= 4 is 11.4 Å². The van der Waals surface area contributed by atoms with Crippen molar-refractivity contribution in [1.82, 2.24) is 0 Å². The summed E-state index contributed by atoms with van der Waals surface area (Å²) in [6, 6.07) is 5.87. The highest BCUT2D eigenvalue weighted by atomic mass is 16.5. The summed E-state index contributed by atoms with van der Waals surface area (Å²) < 4.78 is 5.69. The molecule has 0 heterocycles. The van der Waals surface area contributed by atoms with E-state index in [9.17, 15) is 0 Å². The lowest BCUT2D eigenvalue weighted by molar-refractivity contribution is 0.244. The van der Waals surface area contributed by atoms with Crippen molar-refractivity contribution in [3.63, 3.8) is 0 Å². The molecule has 108 valence electrons. The molecule has 1 unspecified atom stereocenters. The molecule has 0 fully saturated rings. The summed E-state index contributed by atoms with van der Waals surface area (Å²) in [4.78, 5) is 0.